The summed E-state index contributed by atoms with van der Waals surface area (Å²) >= 11 is 0. The molecule has 102 valence electrons. The fourth-order valence-electron chi connectivity index (χ4n) is 2.32. The maximum absolute atomic E-state index is 13.9. The quantitative estimate of drug-likeness (QED) is 0.784. The summed E-state index contributed by atoms with van der Waals surface area (Å²) in [4.78, 5) is 4.24. The van der Waals surface area contributed by atoms with Gasteiger partial charge < -0.3 is 9.73 Å². The van der Waals surface area contributed by atoms with Crippen molar-refractivity contribution in [3.8, 4) is 11.3 Å². The van der Waals surface area contributed by atoms with Crippen LogP contribution in [0.25, 0.3) is 22.1 Å². The van der Waals surface area contributed by atoms with Crippen molar-refractivity contribution in [1.29, 1.82) is 0 Å². The Morgan fingerprint density at radius 2 is 1.95 bits per heavy atom. The third-order valence-electron chi connectivity index (χ3n) is 3.30. The number of aromatic nitrogens is 1. The average molecular weight is 270 g/mol. The predicted molar refractivity (Wildman–Crippen MR) is 76.8 cm³/mol. The van der Waals surface area contributed by atoms with Gasteiger partial charge in [-0.05, 0) is 24.1 Å². The highest BCUT2D eigenvalue weighted by molar-refractivity contribution is 5.96. The Morgan fingerprint density at radius 3 is 2.75 bits per heavy atom. The lowest BCUT2D eigenvalue weighted by molar-refractivity contribution is 0.570. The first-order valence-corrected chi connectivity index (χ1v) is 6.62. The van der Waals surface area contributed by atoms with Crippen molar-refractivity contribution in [2.75, 3.05) is 6.54 Å². The summed E-state index contributed by atoms with van der Waals surface area (Å²) in [6.07, 6.45) is 1.43. The molecule has 1 N–H and O–H groups in total. The van der Waals surface area contributed by atoms with Crippen molar-refractivity contribution in [2.24, 2.45) is 0 Å². The van der Waals surface area contributed by atoms with Gasteiger partial charge in [-0.3, -0.25) is 0 Å². The third-order valence-corrected chi connectivity index (χ3v) is 3.30. The maximum atomic E-state index is 13.9. The molecule has 0 aliphatic carbocycles. The molecule has 1 aromatic heterocycles. The van der Waals surface area contributed by atoms with Crippen LogP contribution < -0.4 is 5.32 Å². The molecule has 0 aliphatic rings. The predicted octanol–water partition coefficient (Wildman–Crippen LogP) is 3.74. The summed E-state index contributed by atoms with van der Waals surface area (Å²) in [5.41, 5.74) is 1.70. The molecular formula is C16H15FN2O. The number of nitrogens with one attached hydrogen (secondary N) is 1. The van der Waals surface area contributed by atoms with Crippen LogP contribution in [0.1, 0.15) is 12.6 Å². The van der Waals surface area contributed by atoms with Gasteiger partial charge in [0.2, 0.25) is 0 Å². The number of nitrogens with zero attached hydrogens (tertiary/aromatic N) is 1. The Kier molecular flexibility index (Phi) is 3.48. The Morgan fingerprint density at radius 1 is 1.15 bits per heavy atom. The molecule has 0 atom stereocenters. The normalized spacial score (nSPS) is 11.1. The number of oxazole rings is 1. The van der Waals surface area contributed by atoms with E-state index in [4.69, 9.17) is 4.42 Å². The molecule has 0 aliphatic heterocycles. The second kappa shape index (κ2) is 5.43. The van der Waals surface area contributed by atoms with Crippen LogP contribution in [0.5, 0.6) is 0 Å². The Bertz CT molecular complexity index is 736. The Labute approximate surface area is 116 Å². The molecule has 0 radical (unpaired) electrons. The molecule has 3 rings (SSSR count). The van der Waals surface area contributed by atoms with Gasteiger partial charge in [0.05, 0.1) is 0 Å². The van der Waals surface area contributed by atoms with Gasteiger partial charge in [0.15, 0.2) is 12.2 Å². The second-order valence-electron chi connectivity index (χ2n) is 4.55. The van der Waals surface area contributed by atoms with E-state index in [1.807, 2.05) is 25.1 Å². The highest BCUT2D eigenvalue weighted by atomic mass is 19.1. The molecule has 0 bridgehead atoms. The molecule has 0 unspecified atom stereocenters. The number of hydrogen-bond donors (Lipinski definition) is 1. The second-order valence-corrected chi connectivity index (χ2v) is 4.55. The van der Waals surface area contributed by atoms with Crippen molar-refractivity contribution in [1.82, 2.24) is 10.3 Å². The summed E-state index contributed by atoms with van der Waals surface area (Å²) in [5, 5.41) is 4.65. The molecule has 20 heavy (non-hydrogen) atoms. The van der Waals surface area contributed by atoms with Crippen LogP contribution in [0.4, 0.5) is 4.39 Å². The molecule has 3 aromatic rings. The molecule has 0 saturated heterocycles. The molecule has 0 saturated carbocycles. The van der Waals surface area contributed by atoms with Gasteiger partial charge in [0.1, 0.15) is 11.5 Å². The first-order valence-electron chi connectivity index (χ1n) is 6.62. The number of rotatable bonds is 4. The first kappa shape index (κ1) is 12.8. The molecule has 1 heterocycles. The van der Waals surface area contributed by atoms with Gasteiger partial charge in [0.25, 0.3) is 0 Å². The lowest BCUT2D eigenvalue weighted by Crippen LogP contribution is -2.12. The van der Waals surface area contributed by atoms with E-state index in [2.05, 4.69) is 10.3 Å². The number of halogens is 1. The monoisotopic (exact) mass is 270 g/mol. The summed E-state index contributed by atoms with van der Waals surface area (Å²) in [6, 6.07) is 10.6. The van der Waals surface area contributed by atoms with Crippen LogP contribution in [0.2, 0.25) is 0 Å². The Hall–Kier alpha value is -2.20. The van der Waals surface area contributed by atoms with Gasteiger partial charge >= 0.3 is 0 Å². The van der Waals surface area contributed by atoms with Crippen molar-refractivity contribution < 1.29 is 8.81 Å². The van der Waals surface area contributed by atoms with E-state index in [-0.39, 0.29) is 5.82 Å². The van der Waals surface area contributed by atoms with Gasteiger partial charge in [-0.1, -0.05) is 31.2 Å². The fraction of sp³-hybridized carbons (Fsp3) is 0.188. The topological polar surface area (TPSA) is 38.1 Å². The molecule has 4 heteroatoms. The van der Waals surface area contributed by atoms with E-state index in [0.29, 0.717) is 17.7 Å². The van der Waals surface area contributed by atoms with E-state index >= 15 is 0 Å². The Balaban J connectivity index is 2.15. The van der Waals surface area contributed by atoms with Crippen molar-refractivity contribution >= 4 is 10.8 Å². The van der Waals surface area contributed by atoms with Crippen molar-refractivity contribution in [2.45, 2.75) is 13.5 Å². The molecule has 0 fully saturated rings. The zero-order valence-corrected chi connectivity index (χ0v) is 11.2. The van der Waals surface area contributed by atoms with E-state index in [9.17, 15) is 4.39 Å². The first-order chi connectivity index (χ1) is 9.81. The summed E-state index contributed by atoms with van der Waals surface area (Å²) < 4.78 is 19.4. The van der Waals surface area contributed by atoms with Crippen LogP contribution in [0, 0.1) is 5.82 Å². The SMILES string of the molecule is CCNCc1ncoc1-c1ccc(F)c2ccccc12. The zero-order chi connectivity index (χ0) is 13.9. The van der Waals surface area contributed by atoms with E-state index < -0.39 is 0 Å². The minimum Gasteiger partial charge on any atom is -0.443 e. The van der Waals surface area contributed by atoms with E-state index in [0.717, 1.165) is 23.2 Å². The van der Waals surface area contributed by atoms with Gasteiger partial charge in [-0.2, -0.15) is 0 Å². The molecule has 0 amide bonds. The number of benzene rings is 2. The number of fused-ring (bicyclic) bond motifs is 1. The van der Waals surface area contributed by atoms with Crippen molar-refractivity contribution in [3.63, 3.8) is 0 Å². The van der Waals surface area contributed by atoms with Gasteiger partial charge in [0, 0.05) is 17.5 Å². The summed E-state index contributed by atoms with van der Waals surface area (Å²) in [5.74, 6) is 0.472. The maximum Gasteiger partial charge on any atom is 0.181 e. The number of hydrogen-bond acceptors (Lipinski definition) is 3. The summed E-state index contributed by atoms with van der Waals surface area (Å²) in [6.45, 7) is 3.53. The van der Waals surface area contributed by atoms with Gasteiger partial charge in [-0.15, -0.1) is 0 Å². The zero-order valence-electron chi connectivity index (χ0n) is 11.2. The van der Waals surface area contributed by atoms with Crippen LogP contribution in [0.15, 0.2) is 47.2 Å². The van der Waals surface area contributed by atoms with E-state index in [1.54, 1.807) is 12.1 Å². The fourth-order valence-corrected chi connectivity index (χ4v) is 2.32. The van der Waals surface area contributed by atoms with Crippen LogP contribution in [-0.2, 0) is 6.54 Å². The van der Waals surface area contributed by atoms with Crippen LogP contribution in [-0.4, -0.2) is 11.5 Å². The van der Waals surface area contributed by atoms with Gasteiger partial charge in [-0.25, -0.2) is 9.37 Å². The lowest BCUT2D eigenvalue weighted by atomic mass is 10.0. The minimum absolute atomic E-state index is 0.225. The third kappa shape index (κ3) is 2.18. The van der Waals surface area contributed by atoms with Crippen molar-refractivity contribution in [3.05, 3.63) is 54.3 Å². The minimum atomic E-state index is -0.225. The highest BCUT2D eigenvalue weighted by Gasteiger charge is 2.14. The lowest BCUT2D eigenvalue weighted by Gasteiger charge is -2.07. The molecule has 2 aromatic carbocycles. The van der Waals surface area contributed by atoms with Crippen LogP contribution in [0.3, 0.4) is 0 Å². The summed E-state index contributed by atoms with van der Waals surface area (Å²) in [7, 11) is 0. The molecular weight excluding hydrogens is 255 g/mol. The van der Waals surface area contributed by atoms with Crippen LogP contribution >= 0.6 is 0 Å². The van der Waals surface area contributed by atoms with E-state index in [1.165, 1.54) is 12.5 Å². The smallest absolute Gasteiger partial charge is 0.181 e. The largest absolute Gasteiger partial charge is 0.443 e. The molecule has 3 nitrogen and oxygen atoms in total. The standard InChI is InChI=1S/C16H15FN2O/c1-2-18-9-15-16(20-10-19-15)13-7-8-14(17)12-6-4-3-5-11(12)13/h3-8,10,18H,2,9H2,1H3. The average Bonchev–Trinajstić information content (AvgIpc) is 2.94. The highest BCUT2D eigenvalue weighted by Crippen LogP contribution is 2.32. The molecule has 0 spiro atoms.